The van der Waals surface area contributed by atoms with Gasteiger partial charge in [-0.3, -0.25) is 11.3 Å². The molecule has 4 nitrogen and oxygen atoms in total. The highest BCUT2D eigenvalue weighted by Crippen LogP contribution is 2.27. The SMILES string of the molecule is NNC(CSc1ccccc1Cl)Cc1ccnc(N)c1. The van der Waals surface area contributed by atoms with E-state index >= 15 is 0 Å². The number of hydrazine groups is 1. The standard InChI is InChI=1S/C14H17ClN4S/c15-12-3-1-2-4-13(12)20-9-11(19-17)7-10-5-6-18-14(16)8-10/h1-6,8,11,19H,7,9,17H2,(H2,16,18). The number of rotatable bonds is 6. The molecule has 6 heteroatoms. The van der Waals surface area contributed by atoms with Gasteiger partial charge in [-0.05, 0) is 36.2 Å². The number of nitrogens with two attached hydrogens (primary N) is 2. The van der Waals surface area contributed by atoms with Crippen molar-refractivity contribution in [1.82, 2.24) is 10.4 Å². The van der Waals surface area contributed by atoms with Gasteiger partial charge in [-0.25, -0.2) is 4.98 Å². The first kappa shape index (κ1) is 15.1. The number of thioether (sulfide) groups is 1. The minimum atomic E-state index is 0.137. The average molecular weight is 309 g/mol. The number of aromatic nitrogens is 1. The number of hydrogen-bond acceptors (Lipinski definition) is 5. The number of nitrogens with zero attached hydrogens (tertiary/aromatic N) is 1. The van der Waals surface area contributed by atoms with E-state index in [1.165, 1.54) is 0 Å². The fourth-order valence-corrected chi connectivity index (χ4v) is 3.10. The van der Waals surface area contributed by atoms with Crippen LogP contribution in [-0.2, 0) is 6.42 Å². The molecule has 0 aliphatic carbocycles. The van der Waals surface area contributed by atoms with Gasteiger partial charge < -0.3 is 5.73 Å². The largest absolute Gasteiger partial charge is 0.384 e. The molecule has 0 saturated carbocycles. The van der Waals surface area contributed by atoms with E-state index in [2.05, 4.69) is 10.4 Å². The molecule has 0 aliphatic heterocycles. The Hall–Kier alpha value is -1.27. The van der Waals surface area contributed by atoms with Gasteiger partial charge in [0.05, 0.1) is 5.02 Å². The monoisotopic (exact) mass is 308 g/mol. The molecule has 1 aromatic heterocycles. The molecular formula is C14H17ClN4S. The van der Waals surface area contributed by atoms with E-state index in [4.69, 9.17) is 23.2 Å². The lowest BCUT2D eigenvalue weighted by Gasteiger charge is -2.16. The zero-order chi connectivity index (χ0) is 14.4. The molecule has 0 fully saturated rings. The molecule has 0 radical (unpaired) electrons. The second-order valence-corrected chi connectivity index (χ2v) is 5.87. The van der Waals surface area contributed by atoms with E-state index < -0.39 is 0 Å². The summed E-state index contributed by atoms with van der Waals surface area (Å²) in [5, 5.41) is 0.765. The van der Waals surface area contributed by atoms with Crippen LogP contribution in [0.2, 0.25) is 5.02 Å². The van der Waals surface area contributed by atoms with Gasteiger partial charge in [-0.2, -0.15) is 0 Å². The van der Waals surface area contributed by atoms with E-state index in [1.807, 2.05) is 36.4 Å². The zero-order valence-corrected chi connectivity index (χ0v) is 12.5. The van der Waals surface area contributed by atoms with Gasteiger partial charge in [-0.15, -0.1) is 11.8 Å². The Labute approximate surface area is 127 Å². The lowest BCUT2D eigenvalue weighted by atomic mass is 10.1. The molecule has 1 aromatic carbocycles. The maximum absolute atomic E-state index is 6.13. The predicted molar refractivity (Wildman–Crippen MR) is 85.6 cm³/mol. The smallest absolute Gasteiger partial charge is 0.123 e. The van der Waals surface area contributed by atoms with Gasteiger partial charge in [0.15, 0.2) is 0 Å². The Bertz CT molecular complexity index is 564. The Morgan fingerprint density at radius 3 is 2.80 bits per heavy atom. The number of anilines is 1. The van der Waals surface area contributed by atoms with Crippen molar-refractivity contribution < 1.29 is 0 Å². The summed E-state index contributed by atoms with van der Waals surface area (Å²) in [6, 6.07) is 11.7. The minimum absolute atomic E-state index is 0.137. The Morgan fingerprint density at radius 2 is 2.10 bits per heavy atom. The van der Waals surface area contributed by atoms with Crippen LogP contribution in [-0.4, -0.2) is 16.8 Å². The van der Waals surface area contributed by atoms with E-state index in [1.54, 1.807) is 18.0 Å². The first-order valence-corrected chi connectivity index (χ1v) is 7.59. The Balaban J connectivity index is 1.94. The maximum Gasteiger partial charge on any atom is 0.123 e. The van der Waals surface area contributed by atoms with E-state index in [-0.39, 0.29) is 6.04 Å². The van der Waals surface area contributed by atoms with E-state index in [9.17, 15) is 0 Å². The van der Waals surface area contributed by atoms with Crippen LogP contribution >= 0.6 is 23.4 Å². The lowest BCUT2D eigenvalue weighted by molar-refractivity contribution is 0.575. The highest BCUT2D eigenvalue weighted by Gasteiger charge is 2.10. The molecule has 0 saturated heterocycles. The van der Waals surface area contributed by atoms with Crippen LogP contribution in [0.1, 0.15) is 5.56 Å². The quantitative estimate of drug-likeness (QED) is 0.434. The summed E-state index contributed by atoms with van der Waals surface area (Å²) in [6.07, 6.45) is 2.50. The normalized spacial score (nSPS) is 12.3. The molecule has 0 amide bonds. The van der Waals surface area contributed by atoms with Gasteiger partial charge >= 0.3 is 0 Å². The molecule has 20 heavy (non-hydrogen) atoms. The molecule has 2 aromatic rings. The average Bonchev–Trinajstić information content (AvgIpc) is 2.45. The Morgan fingerprint density at radius 1 is 1.30 bits per heavy atom. The number of nitrogen functional groups attached to an aromatic ring is 1. The molecule has 5 N–H and O–H groups in total. The molecule has 0 spiro atoms. The number of halogens is 1. The van der Waals surface area contributed by atoms with Crippen molar-refractivity contribution in [1.29, 1.82) is 0 Å². The summed E-state index contributed by atoms with van der Waals surface area (Å²) >= 11 is 7.82. The minimum Gasteiger partial charge on any atom is -0.384 e. The van der Waals surface area contributed by atoms with Crippen molar-refractivity contribution in [2.24, 2.45) is 5.84 Å². The van der Waals surface area contributed by atoms with Crippen molar-refractivity contribution in [3.63, 3.8) is 0 Å². The molecule has 1 unspecified atom stereocenters. The highest BCUT2D eigenvalue weighted by atomic mass is 35.5. The van der Waals surface area contributed by atoms with Gasteiger partial charge in [-0.1, -0.05) is 23.7 Å². The van der Waals surface area contributed by atoms with E-state index in [0.29, 0.717) is 5.82 Å². The molecule has 0 bridgehead atoms. The fraction of sp³-hybridized carbons (Fsp3) is 0.214. The van der Waals surface area contributed by atoms with Gasteiger partial charge in [0.25, 0.3) is 0 Å². The first-order valence-electron chi connectivity index (χ1n) is 6.23. The summed E-state index contributed by atoms with van der Waals surface area (Å²) < 4.78 is 0. The molecule has 1 heterocycles. The summed E-state index contributed by atoms with van der Waals surface area (Å²) in [5.41, 5.74) is 9.62. The van der Waals surface area contributed by atoms with Crippen LogP contribution in [0.5, 0.6) is 0 Å². The topological polar surface area (TPSA) is 77.0 Å². The van der Waals surface area contributed by atoms with Crippen LogP contribution < -0.4 is 17.0 Å². The Kier molecular flexibility index (Phi) is 5.67. The van der Waals surface area contributed by atoms with Crippen LogP contribution in [0.3, 0.4) is 0 Å². The highest BCUT2D eigenvalue weighted by molar-refractivity contribution is 7.99. The third kappa shape index (κ3) is 4.38. The number of benzene rings is 1. The van der Waals surface area contributed by atoms with Crippen molar-refractivity contribution in [3.05, 3.63) is 53.2 Å². The molecule has 1 atom stereocenters. The van der Waals surface area contributed by atoms with Gasteiger partial charge in [0.1, 0.15) is 5.82 Å². The number of hydrogen-bond donors (Lipinski definition) is 3. The van der Waals surface area contributed by atoms with Crippen LogP contribution in [0.25, 0.3) is 0 Å². The van der Waals surface area contributed by atoms with Crippen molar-refractivity contribution in [3.8, 4) is 0 Å². The third-order valence-corrected chi connectivity index (χ3v) is 4.52. The zero-order valence-electron chi connectivity index (χ0n) is 10.9. The predicted octanol–water partition coefficient (Wildman–Crippen LogP) is 2.48. The van der Waals surface area contributed by atoms with Crippen molar-refractivity contribution in [2.45, 2.75) is 17.4 Å². The van der Waals surface area contributed by atoms with Crippen molar-refractivity contribution in [2.75, 3.05) is 11.5 Å². The summed E-state index contributed by atoms with van der Waals surface area (Å²) in [6.45, 7) is 0. The summed E-state index contributed by atoms with van der Waals surface area (Å²) in [7, 11) is 0. The third-order valence-electron chi connectivity index (χ3n) is 2.84. The molecular weight excluding hydrogens is 292 g/mol. The molecule has 106 valence electrons. The maximum atomic E-state index is 6.13. The van der Waals surface area contributed by atoms with Crippen LogP contribution in [0, 0.1) is 0 Å². The van der Waals surface area contributed by atoms with Gasteiger partial charge in [0, 0.05) is 22.9 Å². The van der Waals surface area contributed by atoms with Gasteiger partial charge in [0.2, 0.25) is 0 Å². The number of nitrogens with one attached hydrogen (secondary N) is 1. The summed E-state index contributed by atoms with van der Waals surface area (Å²) in [5.74, 6) is 6.96. The van der Waals surface area contributed by atoms with E-state index in [0.717, 1.165) is 27.7 Å². The van der Waals surface area contributed by atoms with Crippen LogP contribution in [0.15, 0.2) is 47.5 Å². The second kappa shape index (κ2) is 7.50. The number of pyridine rings is 1. The lowest BCUT2D eigenvalue weighted by Crippen LogP contribution is -2.38. The fourth-order valence-electron chi connectivity index (χ4n) is 1.82. The van der Waals surface area contributed by atoms with Crippen LogP contribution in [0.4, 0.5) is 5.82 Å². The van der Waals surface area contributed by atoms with Crippen molar-refractivity contribution >= 4 is 29.2 Å². The second-order valence-electron chi connectivity index (χ2n) is 4.40. The molecule has 2 rings (SSSR count). The first-order chi connectivity index (χ1) is 9.69. The summed E-state index contributed by atoms with van der Waals surface area (Å²) in [4.78, 5) is 5.04. The molecule has 0 aliphatic rings.